The number of nitrogens with two attached hydrogens (primary N) is 1. The first-order valence-electron chi connectivity index (χ1n) is 11.7. The number of rotatable bonds is 12. The molecule has 3 amide bonds. The van der Waals surface area contributed by atoms with Crippen LogP contribution in [-0.2, 0) is 30.4 Å². The van der Waals surface area contributed by atoms with E-state index < -0.39 is 53.8 Å². The van der Waals surface area contributed by atoms with Gasteiger partial charge in [0.1, 0.15) is 18.1 Å². The van der Waals surface area contributed by atoms with E-state index in [1.807, 2.05) is 6.07 Å². The number of amides is 3. The Kier molecular flexibility index (Phi) is 10.2. The third kappa shape index (κ3) is 8.06. The highest BCUT2D eigenvalue weighted by molar-refractivity contribution is 5.94. The summed E-state index contributed by atoms with van der Waals surface area (Å²) in [5.41, 5.74) is 6.54. The maximum absolute atomic E-state index is 13.4. The molecule has 2 rings (SSSR count). The van der Waals surface area contributed by atoms with Crippen LogP contribution in [0.15, 0.2) is 30.3 Å². The second-order valence-corrected chi connectivity index (χ2v) is 9.05. The zero-order chi connectivity index (χ0) is 26.1. The Balaban J connectivity index is 2.19. The summed E-state index contributed by atoms with van der Waals surface area (Å²) in [7, 11) is 0. The molecule has 1 aliphatic heterocycles. The van der Waals surface area contributed by atoms with Crippen molar-refractivity contribution in [3.8, 4) is 0 Å². The van der Waals surface area contributed by atoms with E-state index in [9.17, 15) is 29.1 Å². The van der Waals surface area contributed by atoms with Crippen molar-refractivity contribution < 1.29 is 34.2 Å². The summed E-state index contributed by atoms with van der Waals surface area (Å²) in [6, 6.07) is 4.88. The zero-order valence-electron chi connectivity index (χ0n) is 20.0. The Labute approximate surface area is 204 Å². The third-order valence-corrected chi connectivity index (χ3v) is 5.97. The van der Waals surface area contributed by atoms with Crippen LogP contribution >= 0.6 is 0 Å². The summed E-state index contributed by atoms with van der Waals surface area (Å²) in [5, 5.41) is 23.6. The molecule has 1 heterocycles. The van der Waals surface area contributed by atoms with Crippen LogP contribution in [0, 0.1) is 5.92 Å². The van der Waals surface area contributed by atoms with Crippen LogP contribution in [0.2, 0.25) is 0 Å². The average Bonchev–Trinajstić information content (AvgIpc) is 3.30. The number of aliphatic carboxylic acids is 2. The van der Waals surface area contributed by atoms with E-state index in [0.29, 0.717) is 12.8 Å². The number of carbonyl (C=O) groups is 5. The van der Waals surface area contributed by atoms with Crippen molar-refractivity contribution >= 4 is 29.7 Å². The van der Waals surface area contributed by atoms with Gasteiger partial charge >= 0.3 is 11.9 Å². The van der Waals surface area contributed by atoms with Crippen LogP contribution in [0.25, 0.3) is 0 Å². The highest BCUT2D eigenvalue weighted by Gasteiger charge is 2.38. The molecule has 11 heteroatoms. The molecule has 1 aromatic rings. The second-order valence-electron chi connectivity index (χ2n) is 9.05. The molecule has 0 spiro atoms. The summed E-state index contributed by atoms with van der Waals surface area (Å²) in [6.07, 6.45) is 0.653. The van der Waals surface area contributed by atoms with Gasteiger partial charge in [0.25, 0.3) is 0 Å². The summed E-state index contributed by atoms with van der Waals surface area (Å²) >= 11 is 0. The van der Waals surface area contributed by atoms with Gasteiger partial charge in [-0.25, -0.2) is 4.79 Å². The highest BCUT2D eigenvalue weighted by Crippen LogP contribution is 2.20. The zero-order valence-corrected chi connectivity index (χ0v) is 20.0. The van der Waals surface area contributed by atoms with E-state index in [1.165, 1.54) is 4.90 Å². The van der Waals surface area contributed by atoms with Gasteiger partial charge in [-0.3, -0.25) is 19.2 Å². The van der Waals surface area contributed by atoms with Gasteiger partial charge in [0, 0.05) is 19.4 Å². The Morgan fingerprint density at radius 1 is 1.06 bits per heavy atom. The maximum Gasteiger partial charge on any atom is 0.326 e. The lowest BCUT2D eigenvalue weighted by Gasteiger charge is -2.30. The van der Waals surface area contributed by atoms with E-state index in [1.54, 1.807) is 38.1 Å². The van der Waals surface area contributed by atoms with Gasteiger partial charge in [-0.05, 0) is 30.7 Å². The SMILES string of the molecule is CC(C)C(NC(=O)C(N)CCC(=O)O)C(=O)NC(Cc1ccccc1)C(=O)N1CCCC1C(=O)O. The molecule has 1 fully saturated rings. The molecule has 6 N–H and O–H groups in total. The Hall–Kier alpha value is -3.47. The second kappa shape index (κ2) is 12.8. The number of hydrogen-bond acceptors (Lipinski definition) is 6. The van der Waals surface area contributed by atoms with Gasteiger partial charge in [0.05, 0.1) is 6.04 Å². The van der Waals surface area contributed by atoms with Gasteiger partial charge in [0.2, 0.25) is 17.7 Å². The molecule has 0 aromatic heterocycles. The predicted octanol–water partition coefficient (Wildman–Crippen LogP) is 0.122. The van der Waals surface area contributed by atoms with Gasteiger partial charge in [-0.2, -0.15) is 0 Å². The minimum atomic E-state index is -1.11. The van der Waals surface area contributed by atoms with Crippen molar-refractivity contribution in [2.75, 3.05) is 6.54 Å². The molecular weight excluding hydrogens is 456 g/mol. The number of carboxylic acid groups (broad SMARTS) is 2. The number of carboxylic acids is 2. The molecule has 11 nitrogen and oxygen atoms in total. The van der Waals surface area contributed by atoms with E-state index in [-0.39, 0.29) is 31.7 Å². The molecule has 0 aliphatic carbocycles. The maximum atomic E-state index is 13.4. The lowest BCUT2D eigenvalue weighted by atomic mass is 10.00. The Morgan fingerprint density at radius 3 is 2.29 bits per heavy atom. The first kappa shape index (κ1) is 27.8. The standard InChI is InChI=1S/C24H34N4O7/c1-14(2)20(27-21(31)16(25)10-11-19(29)30)22(32)26-17(13-15-7-4-3-5-8-15)23(33)28-12-6-9-18(28)24(34)35/h3-5,7-8,14,16-18,20H,6,9-13,25H2,1-2H3,(H,26,32)(H,27,31)(H,29,30)(H,34,35). The number of nitrogens with zero attached hydrogens (tertiary/aromatic N) is 1. The molecule has 0 saturated carbocycles. The van der Waals surface area contributed by atoms with Gasteiger partial charge < -0.3 is 31.5 Å². The minimum Gasteiger partial charge on any atom is -0.481 e. The Bertz CT molecular complexity index is 922. The van der Waals surface area contributed by atoms with E-state index in [4.69, 9.17) is 10.8 Å². The van der Waals surface area contributed by atoms with E-state index >= 15 is 0 Å². The van der Waals surface area contributed by atoms with E-state index in [0.717, 1.165) is 5.56 Å². The fourth-order valence-corrected chi connectivity index (χ4v) is 4.00. The van der Waals surface area contributed by atoms with Gasteiger partial charge in [0.15, 0.2) is 0 Å². The van der Waals surface area contributed by atoms with Crippen molar-refractivity contribution in [2.45, 2.75) is 70.1 Å². The van der Waals surface area contributed by atoms with Crippen molar-refractivity contribution in [3.63, 3.8) is 0 Å². The third-order valence-electron chi connectivity index (χ3n) is 5.97. The molecule has 35 heavy (non-hydrogen) atoms. The molecule has 192 valence electrons. The predicted molar refractivity (Wildman–Crippen MR) is 126 cm³/mol. The van der Waals surface area contributed by atoms with Crippen LogP contribution in [0.4, 0.5) is 0 Å². The quantitative estimate of drug-likeness (QED) is 0.274. The van der Waals surface area contributed by atoms with Crippen molar-refractivity contribution in [1.29, 1.82) is 0 Å². The number of benzene rings is 1. The normalized spacial score (nSPS) is 17.9. The molecule has 4 unspecified atom stereocenters. The summed E-state index contributed by atoms with van der Waals surface area (Å²) in [5.74, 6) is -4.33. The van der Waals surface area contributed by atoms with E-state index in [2.05, 4.69) is 10.6 Å². The smallest absolute Gasteiger partial charge is 0.326 e. The summed E-state index contributed by atoms with van der Waals surface area (Å²) in [4.78, 5) is 62.7. The van der Waals surface area contributed by atoms with Crippen molar-refractivity contribution in [1.82, 2.24) is 15.5 Å². The molecular formula is C24H34N4O7. The van der Waals surface area contributed by atoms with Crippen LogP contribution in [-0.4, -0.2) is 75.5 Å². The lowest BCUT2D eigenvalue weighted by Crippen LogP contribution is -2.58. The first-order valence-corrected chi connectivity index (χ1v) is 11.7. The van der Waals surface area contributed by atoms with Crippen LogP contribution < -0.4 is 16.4 Å². The topological polar surface area (TPSA) is 179 Å². The van der Waals surface area contributed by atoms with Crippen LogP contribution in [0.1, 0.15) is 45.1 Å². The summed E-state index contributed by atoms with van der Waals surface area (Å²) < 4.78 is 0. The fourth-order valence-electron chi connectivity index (χ4n) is 4.00. The van der Waals surface area contributed by atoms with Gasteiger partial charge in [-0.15, -0.1) is 0 Å². The largest absolute Gasteiger partial charge is 0.481 e. The Morgan fingerprint density at radius 2 is 1.71 bits per heavy atom. The summed E-state index contributed by atoms with van der Waals surface area (Å²) in [6.45, 7) is 3.70. The molecule has 0 bridgehead atoms. The number of carbonyl (C=O) groups excluding carboxylic acids is 3. The number of nitrogens with one attached hydrogen (secondary N) is 2. The van der Waals surface area contributed by atoms with Crippen LogP contribution in [0.3, 0.4) is 0 Å². The molecule has 1 saturated heterocycles. The van der Waals surface area contributed by atoms with Crippen molar-refractivity contribution in [2.24, 2.45) is 11.7 Å². The fraction of sp³-hybridized carbons (Fsp3) is 0.542. The number of likely N-dealkylation sites (tertiary alicyclic amines) is 1. The average molecular weight is 491 g/mol. The van der Waals surface area contributed by atoms with Gasteiger partial charge in [-0.1, -0.05) is 44.2 Å². The number of hydrogen-bond donors (Lipinski definition) is 5. The minimum absolute atomic E-state index is 0.0890. The highest BCUT2D eigenvalue weighted by atomic mass is 16.4. The molecule has 1 aromatic carbocycles. The lowest BCUT2D eigenvalue weighted by molar-refractivity contribution is -0.149. The molecule has 0 radical (unpaired) electrons. The molecule has 1 aliphatic rings. The van der Waals surface area contributed by atoms with Crippen molar-refractivity contribution in [3.05, 3.63) is 35.9 Å². The molecule has 4 atom stereocenters. The van der Waals surface area contributed by atoms with Crippen LogP contribution in [0.5, 0.6) is 0 Å². The first-order chi connectivity index (χ1) is 16.5. The monoisotopic (exact) mass is 490 g/mol.